The van der Waals surface area contributed by atoms with Crippen molar-refractivity contribution in [3.63, 3.8) is 0 Å². The van der Waals surface area contributed by atoms with Crippen LogP contribution in [-0.2, 0) is 23.8 Å². The van der Waals surface area contributed by atoms with Gasteiger partial charge in [0, 0.05) is 19.1 Å². The molecule has 0 N–H and O–H groups in total. The van der Waals surface area contributed by atoms with Crippen LogP contribution in [0.4, 0.5) is 9.59 Å². The standard InChI is InChI=1S/C24H38N2O7S/c1-17-9-11-20(12-10-17)34(29,30)31-16-19-13-14-25(21(27)32-23(3,4)5)18(2)15-26(19)22(28)33-24(6,7)8/h9-12,18-19H,13-16H2,1-8H3/t18-,19-/m0/s1. The minimum atomic E-state index is -4.02. The van der Waals surface area contributed by atoms with Gasteiger partial charge in [-0.1, -0.05) is 17.7 Å². The molecule has 2 atom stereocenters. The summed E-state index contributed by atoms with van der Waals surface area (Å²) >= 11 is 0. The summed E-state index contributed by atoms with van der Waals surface area (Å²) in [6.07, 6.45) is -0.781. The van der Waals surface area contributed by atoms with E-state index in [1.54, 1.807) is 58.6 Å². The molecule has 1 heterocycles. The maximum atomic E-state index is 13.0. The molecule has 0 bridgehead atoms. The van der Waals surface area contributed by atoms with Crippen LogP contribution in [0.2, 0.25) is 0 Å². The van der Waals surface area contributed by atoms with Crippen LogP contribution in [0, 0.1) is 6.92 Å². The molecule has 0 spiro atoms. The van der Waals surface area contributed by atoms with Crippen LogP contribution < -0.4 is 0 Å². The molecule has 10 heteroatoms. The van der Waals surface area contributed by atoms with E-state index in [9.17, 15) is 18.0 Å². The highest BCUT2D eigenvalue weighted by molar-refractivity contribution is 7.86. The Labute approximate surface area is 203 Å². The molecule has 1 aliphatic rings. The van der Waals surface area contributed by atoms with Crippen molar-refractivity contribution in [1.29, 1.82) is 0 Å². The van der Waals surface area contributed by atoms with Gasteiger partial charge in [-0.2, -0.15) is 8.42 Å². The third-order valence-electron chi connectivity index (χ3n) is 5.12. The zero-order valence-corrected chi connectivity index (χ0v) is 22.3. The summed E-state index contributed by atoms with van der Waals surface area (Å²) in [5.74, 6) is 0. The maximum absolute atomic E-state index is 13.0. The molecular formula is C24H38N2O7S. The molecular weight excluding hydrogens is 460 g/mol. The fourth-order valence-corrected chi connectivity index (χ4v) is 4.39. The number of amides is 2. The number of carbonyl (C=O) groups excluding carboxylic acids is 2. The fourth-order valence-electron chi connectivity index (χ4n) is 3.45. The molecule has 1 aliphatic heterocycles. The maximum Gasteiger partial charge on any atom is 0.410 e. The van der Waals surface area contributed by atoms with E-state index >= 15 is 0 Å². The van der Waals surface area contributed by atoms with E-state index in [0.717, 1.165) is 5.56 Å². The first kappa shape index (κ1) is 27.9. The Morgan fingerprint density at radius 2 is 1.44 bits per heavy atom. The minimum absolute atomic E-state index is 0.0410. The molecule has 0 aliphatic carbocycles. The van der Waals surface area contributed by atoms with E-state index in [0.29, 0.717) is 6.42 Å². The molecule has 0 aromatic heterocycles. The van der Waals surface area contributed by atoms with Crippen molar-refractivity contribution in [3.8, 4) is 0 Å². The van der Waals surface area contributed by atoms with Crippen molar-refractivity contribution in [3.05, 3.63) is 29.8 Å². The lowest BCUT2D eigenvalue weighted by Crippen LogP contribution is -2.49. The number of ether oxygens (including phenoxy) is 2. The van der Waals surface area contributed by atoms with Gasteiger partial charge in [-0.05, 0) is 73.9 Å². The van der Waals surface area contributed by atoms with Gasteiger partial charge in [0.2, 0.25) is 0 Å². The van der Waals surface area contributed by atoms with Crippen LogP contribution in [0.25, 0.3) is 0 Å². The highest BCUT2D eigenvalue weighted by Crippen LogP contribution is 2.23. The van der Waals surface area contributed by atoms with Crippen LogP contribution >= 0.6 is 0 Å². The topological polar surface area (TPSA) is 102 Å². The van der Waals surface area contributed by atoms with E-state index in [-0.39, 0.29) is 30.6 Å². The van der Waals surface area contributed by atoms with Gasteiger partial charge in [-0.25, -0.2) is 9.59 Å². The number of carbonyl (C=O) groups is 2. The molecule has 192 valence electrons. The average Bonchev–Trinajstić information content (AvgIpc) is 2.83. The normalized spacial score (nSPS) is 20.0. The number of hydrogen-bond acceptors (Lipinski definition) is 7. The predicted molar refractivity (Wildman–Crippen MR) is 128 cm³/mol. The van der Waals surface area contributed by atoms with Crippen molar-refractivity contribution in [2.24, 2.45) is 0 Å². The minimum Gasteiger partial charge on any atom is -0.444 e. The number of rotatable bonds is 4. The van der Waals surface area contributed by atoms with Crippen LogP contribution in [0.15, 0.2) is 29.2 Å². The van der Waals surface area contributed by atoms with Gasteiger partial charge in [0.1, 0.15) is 11.2 Å². The highest BCUT2D eigenvalue weighted by atomic mass is 32.2. The fraction of sp³-hybridized carbons (Fsp3) is 0.667. The van der Waals surface area contributed by atoms with Gasteiger partial charge in [0.05, 0.1) is 17.5 Å². The average molecular weight is 499 g/mol. The summed E-state index contributed by atoms with van der Waals surface area (Å²) in [5.41, 5.74) is -0.481. The van der Waals surface area contributed by atoms with Gasteiger partial charge in [0.15, 0.2) is 0 Å². The third kappa shape index (κ3) is 8.16. The van der Waals surface area contributed by atoms with Gasteiger partial charge in [-0.15, -0.1) is 0 Å². The van der Waals surface area contributed by atoms with E-state index in [1.165, 1.54) is 17.0 Å². The van der Waals surface area contributed by atoms with Crippen molar-refractivity contribution in [1.82, 2.24) is 9.80 Å². The third-order valence-corrected chi connectivity index (χ3v) is 6.41. The molecule has 0 saturated carbocycles. The summed E-state index contributed by atoms with van der Waals surface area (Å²) in [6, 6.07) is 5.35. The Morgan fingerprint density at radius 1 is 0.941 bits per heavy atom. The molecule has 1 saturated heterocycles. The van der Waals surface area contributed by atoms with Crippen molar-refractivity contribution in [2.75, 3.05) is 19.7 Å². The van der Waals surface area contributed by atoms with Crippen molar-refractivity contribution in [2.45, 2.75) is 90.0 Å². The molecule has 2 rings (SSSR count). The number of hydrogen-bond donors (Lipinski definition) is 0. The molecule has 1 aromatic rings. The first-order valence-corrected chi connectivity index (χ1v) is 12.8. The van der Waals surface area contributed by atoms with Gasteiger partial charge >= 0.3 is 12.2 Å². The van der Waals surface area contributed by atoms with Gasteiger partial charge in [-0.3, -0.25) is 4.18 Å². The zero-order valence-electron chi connectivity index (χ0n) is 21.5. The highest BCUT2D eigenvalue weighted by Gasteiger charge is 2.37. The predicted octanol–water partition coefficient (Wildman–Crippen LogP) is 4.34. The second-order valence-electron chi connectivity index (χ2n) is 10.6. The Bertz CT molecular complexity index is 963. The van der Waals surface area contributed by atoms with E-state index in [1.807, 2.05) is 13.8 Å². The van der Waals surface area contributed by atoms with Crippen LogP contribution in [-0.4, -0.2) is 73.4 Å². The molecule has 34 heavy (non-hydrogen) atoms. The Balaban J connectivity index is 2.25. The van der Waals surface area contributed by atoms with E-state index in [2.05, 4.69) is 0 Å². The van der Waals surface area contributed by atoms with Crippen molar-refractivity contribution >= 4 is 22.3 Å². The largest absolute Gasteiger partial charge is 0.444 e. The van der Waals surface area contributed by atoms with Crippen LogP contribution in [0.1, 0.15) is 60.5 Å². The lowest BCUT2D eigenvalue weighted by Gasteiger charge is -2.33. The summed E-state index contributed by atoms with van der Waals surface area (Å²) in [7, 11) is -4.02. The molecule has 0 unspecified atom stereocenters. The second-order valence-corrected chi connectivity index (χ2v) is 12.3. The lowest BCUT2D eigenvalue weighted by atomic mass is 10.2. The summed E-state index contributed by atoms with van der Waals surface area (Å²) in [5, 5.41) is 0. The number of nitrogens with zero attached hydrogens (tertiary/aromatic N) is 2. The van der Waals surface area contributed by atoms with E-state index < -0.39 is 39.5 Å². The summed E-state index contributed by atoms with van der Waals surface area (Å²) in [4.78, 5) is 28.8. The van der Waals surface area contributed by atoms with Crippen LogP contribution in [0.5, 0.6) is 0 Å². The molecule has 2 amide bonds. The quantitative estimate of drug-likeness (QED) is 0.569. The molecule has 0 radical (unpaired) electrons. The van der Waals surface area contributed by atoms with Gasteiger partial charge < -0.3 is 19.3 Å². The molecule has 1 aromatic carbocycles. The first-order valence-electron chi connectivity index (χ1n) is 11.4. The summed E-state index contributed by atoms with van der Waals surface area (Å²) < 4.78 is 41.9. The SMILES string of the molecule is Cc1ccc(S(=O)(=O)OC[C@@H]2CCN(C(=O)OC(C)(C)C)[C@@H](C)CN2C(=O)OC(C)(C)C)cc1. The monoisotopic (exact) mass is 498 g/mol. The Hall–Kier alpha value is -2.33. The molecule has 9 nitrogen and oxygen atoms in total. The van der Waals surface area contributed by atoms with Crippen LogP contribution in [0.3, 0.4) is 0 Å². The second kappa shape index (κ2) is 10.5. The first-order chi connectivity index (χ1) is 15.5. The Morgan fingerprint density at radius 3 is 1.94 bits per heavy atom. The lowest BCUT2D eigenvalue weighted by molar-refractivity contribution is 0.00595. The Kier molecular flexibility index (Phi) is 8.63. The van der Waals surface area contributed by atoms with Crippen molar-refractivity contribution < 1.29 is 31.7 Å². The van der Waals surface area contributed by atoms with E-state index in [4.69, 9.17) is 13.7 Å². The smallest absolute Gasteiger partial charge is 0.410 e. The molecule has 1 fully saturated rings. The number of aryl methyl sites for hydroxylation is 1. The zero-order chi connectivity index (χ0) is 25.9. The van der Waals surface area contributed by atoms with Gasteiger partial charge in [0.25, 0.3) is 10.1 Å². The number of benzene rings is 1. The summed E-state index contributed by atoms with van der Waals surface area (Å²) in [6.45, 7) is 14.5.